The summed E-state index contributed by atoms with van der Waals surface area (Å²) in [6.45, 7) is 4.59. The second-order valence-electron chi connectivity index (χ2n) is 8.12. The number of hydrogen-bond acceptors (Lipinski definition) is 0. The first kappa shape index (κ1) is 19.5. The lowest BCUT2D eigenvalue weighted by Gasteiger charge is -2.29. The Morgan fingerprint density at radius 2 is 1.33 bits per heavy atom. The van der Waals surface area contributed by atoms with Crippen molar-refractivity contribution in [2.45, 2.75) is 110 Å². The quantitative estimate of drug-likeness (QED) is 0.360. The molecule has 0 spiro atoms. The molecule has 0 atom stereocenters. The van der Waals surface area contributed by atoms with E-state index < -0.39 is 0 Å². The van der Waals surface area contributed by atoms with Gasteiger partial charge < -0.3 is 0 Å². The monoisotopic (exact) mass is 328 g/mol. The van der Waals surface area contributed by atoms with Crippen LogP contribution >= 0.6 is 0 Å². The maximum absolute atomic E-state index is 2.43. The van der Waals surface area contributed by atoms with E-state index in [1.54, 1.807) is 11.1 Å². The molecule has 0 heterocycles. The third-order valence-electron chi connectivity index (χ3n) is 6.08. The van der Waals surface area contributed by atoms with Crippen LogP contribution in [0.1, 0.15) is 114 Å². The van der Waals surface area contributed by atoms with Crippen LogP contribution in [-0.4, -0.2) is 0 Å². The minimum atomic E-state index is 0.839. The van der Waals surface area contributed by atoms with Crippen molar-refractivity contribution in [1.29, 1.82) is 0 Å². The van der Waals surface area contributed by atoms with E-state index in [9.17, 15) is 0 Å². The van der Waals surface area contributed by atoms with Crippen molar-refractivity contribution in [1.82, 2.24) is 0 Å². The molecule has 0 radical (unpaired) electrons. The lowest BCUT2D eigenvalue weighted by atomic mass is 9.77. The highest BCUT2D eigenvalue weighted by Gasteiger charge is 2.21. The Morgan fingerprint density at radius 3 is 1.96 bits per heavy atom. The van der Waals surface area contributed by atoms with Crippen LogP contribution in [0.3, 0.4) is 0 Å². The molecule has 0 N–H and O–H groups in total. The summed E-state index contributed by atoms with van der Waals surface area (Å²) in [5.41, 5.74) is 3.15. The van der Waals surface area contributed by atoms with Gasteiger partial charge in [0.1, 0.15) is 0 Å². The number of unbranched alkanes of at least 4 members (excludes halogenated alkanes) is 6. The van der Waals surface area contributed by atoms with E-state index in [0.29, 0.717) is 0 Å². The maximum atomic E-state index is 2.43. The summed E-state index contributed by atoms with van der Waals surface area (Å²) >= 11 is 0. The molecule has 1 fully saturated rings. The van der Waals surface area contributed by atoms with E-state index in [1.165, 1.54) is 89.9 Å². The SMILES string of the molecule is CCCCCCc1ccc(C2CCC(CCCCCC)CC2)cc1. The molecule has 1 aliphatic carbocycles. The number of benzene rings is 1. The molecule has 0 nitrogen and oxygen atoms in total. The predicted molar refractivity (Wildman–Crippen MR) is 108 cm³/mol. The fraction of sp³-hybridized carbons (Fsp3) is 0.750. The summed E-state index contributed by atoms with van der Waals surface area (Å²) in [7, 11) is 0. The lowest BCUT2D eigenvalue weighted by molar-refractivity contribution is 0.302. The van der Waals surface area contributed by atoms with Crippen LogP contribution in [0, 0.1) is 5.92 Å². The number of rotatable bonds is 11. The molecule has 24 heavy (non-hydrogen) atoms. The van der Waals surface area contributed by atoms with E-state index in [0.717, 1.165) is 11.8 Å². The van der Waals surface area contributed by atoms with Crippen LogP contribution in [0.25, 0.3) is 0 Å². The fourth-order valence-corrected chi connectivity index (χ4v) is 4.36. The zero-order chi connectivity index (χ0) is 17.0. The van der Waals surface area contributed by atoms with Gasteiger partial charge in [0.25, 0.3) is 0 Å². The minimum absolute atomic E-state index is 0.839. The lowest BCUT2D eigenvalue weighted by Crippen LogP contribution is -2.13. The summed E-state index contributed by atoms with van der Waals surface area (Å²) in [6.07, 6.45) is 19.7. The van der Waals surface area contributed by atoms with Crippen molar-refractivity contribution < 1.29 is 0 Å². The molecule has 0 bridgehead atoms. The Kier molecular flexibility index (Phi) is 9.54. The second-order valence-corrected chi connectivity index (χ2v) is 8.12. The third-order valence-corrected chi connectivity index (χ3v) is 6.08. The molecular formula is C24H40. The van der Waals surface area contributed by atoms with Gasteiger partial charge in [0.2, 0.25) is 0 Å². The van der Waals surface area contributed by atoms with Gasteiger partial charge >= 0.3 is 0 Å². The van der Waals surface area contributed by atoms with Crippen molar-refractivity contribution in [2.75, 3.05) is 0 Å². The van der Waals surface area contributed by atoms with Gasteiger partial charge in [-0.15, -0.1) is 0 Å². The van der Waals surface area contributed by atoms with Gasteiger partial charge in [-0.05, 0) is 61.5 Å². The standard InChI is InChI=1S/C24H40/c1-3-5-7-9-11-21-13-17-23(18-14-21)24-19-15-22(16-20-24)12-10-8-6-4-2/h13-14,17-18,22,24H,3-12,15-16,19-20H2,1-2H3. The fourth-order valence-electron chi connectivity index (χ4n) is 4.36. The van der Waals surface area contributed by atoms with E-state index in [2.05, 4.69) is 38.1 Å². The van der Waals surface area contributed by atoms with Crippen molar-refractivity contribution in [3.05, 3.63) is 35.4 Å². The van der Waals surface area contributed by atoms with Gasteiger partial charge in [-0.2, -0.15) is 0 Å². The predicted octanol–water partition coefficient (Wildman–Crippen LogP) is 8.05. The Balaban J connectivity index is 1.68. The molecular weight excluding hydrogens is 288 g/mol. The Labute approximate surface area is 151 Å². The Hall–Kier alpha value is -0.780. The van der Waals surface area contributed by atoms with E-state index in [-0.39, 0.29) is 0 Å². The van der Waals surface area contributed by atoms with E-state index >= 15 is 0 Å². The largest absolute Gasteiger partial charge is 0.0654 e. The second kappa shape index (κ2) is 11.7. The van der Waals surface area contributed by atoms with Crippen molar-refractivity contribution >= 4 is 0 Å². The highest BCUT2D eigenvalue weighted by atomic mass is 14.3. The molecule has 2 rings (SSSR count). The molecule has 0 saturated heterocycles. The first-order valence-electron chi connectivity index (χ1n) is 10.9. The minimum Gasteiger partial charge on any atom is -0.0654 e. The van der Waals surface area contributed by atoms with Gasteiger partial charge in [0.05, 0.1) is 0 Å². The summed E-state index contributed by atoms with van der Waals surface area (Å²) in [5.74, 6) is 1.86. The van der Waals surface area contributed by atoms with Crippen LogP contribution in [0.2, 0.25) is 0 Å². The van der Waals surface area contributed by atoms with Crippen LogP contribution < -0.4 is 0 Å². The number of hydrogen-bond donors (Lipinski definition) is 0. The zero-order valence-corrected chi connectivity index (χ0v) is 16.4. The average molecular weight is 329 g/mol. The van der Waals surface area contributed by atoms with Crippen LogP contribution in [0.4, 0.5) is 0 Å². The molecule has 1 aliphatic rings. The van der Waals surface area contributed by atoms with Crippen LogP contribution in [0.15, 0.2) is 24.3 Å². The van der Waals surface area contributed by atoms with Crippen molar-refractivity contribution in [2.24, 2.45) is 5.92 Å². The maximum Gasteiger partial charge on any atom is -0.0162 e. The number of aryl methyl sites for hydroxylation is 1. The third kappa shape index (κ3) is 6.99. The topological polar surface area (TPSA) is 0 Å². The summed E-state index contributed by atoms with van der Waals surface area (Å²) in [4.78, 5) is 0. The van der Waals surface area contributed by atoms with Crippen LogP contribution in [0.5, 0.6) is 0 Å². The van der Waals surface area contributed by atoms with Crippen LogP contribution in [-0.2, 0) is 6.42 Å². The Morgan fingerprint density at radius 1 is 0.708 bits per heavy atom. The smallest absolute Gasteiger partial charge is 0.0162 e. The van der Waals surface area contributed by atoms with Gasteiger partial charge in [-0.25, -0.2) is 0 Å². The molecule has 1 saturated carbocycles. The first-order valence-corrected chi connectivity index (χ1v) is 10.9. The normalized spacial score (nSPS) is 21.1. The zero-order valence-electron chi connectivity index (χ0n) is 16.4. The highest BCUT2D eigenvalue weighted by molar-refractivity contribution is 5.25. The molecule has 1 aromatic rings. The first-order chi connectivity index (χ1) is 11.8. The molecule has 0 unspecified atom stereocenters. The molecule has 136 valence electrons. The van der Waals surface area contributed by atoms with Gasteiger partial charge in [-0.3, -0.25) is 0 Å². The molecule has 0 aromatic heterocycles. The Bertz CT molecular complexity index is 408. The summed E-state index contributed by atoms with van der Waals surface area (Å²) < 4.78 is 0. The summed E-state index contributed by atoms with van der Waals surface area (Å²) in [5, 5.41) is 0. The van der Waals surface area contributed by atoms with Gasteiger partial charge in [0.15, 0.2) is 0 Å². The van der Waals surface area contributed by atoms with Crippen molar-refractivity contribution in [3.8, 4) is 0 Å². The average Bonchev–Trinajstić information content (AvgIpc) is 2.64. The van der Waals surface area contributed by atoms with E-state index in [1.807, 2.05) is 0 Å². The molecule has 0 amide bonds. The summed E-state index contributed by atoms with van der Waals surface area (Å²) in [6, 6.07) is 9.67. The molecule has 1 aromatic carbocycles. The highest BCUT2D eigenvalue weighted by Crippen LogP contribution is 2.37. The molecule has 0 aliphatic heterocycles. The van der Waals surface area contributed by atoms with Gasteiger partial charge in [0, 0.05) is 0 Å². The van der Waals surface area contributed by atoms with E-state index in [4.69, 9.17) is 0 Å². The molecule has 0 heteroatoms. The van der Waals surface area contributed by atoms with Gasteiger partial charge in [-0.1, -0.05) is 89.5 Å². The van der Waals surface area contributed by atoms with Crippen molar-refractivity contribution in [3.63, 3.8) is 0 Å².